The lowest BCUT2D eigenvalue weighted by atomic mass is 10.1. The van der Waals surface area contributed by atoms with Crippen LogP contribution in [0.5, 0.6) is 0 Å². The summed E-state index contributed by atoms with van der Waals surface area (Å²) in [5.41, 5.74) is 1.31. The van der Waals surface area contributed by atoms with Crippen LogP contribution in [0.25, 0.3) is 0 Å². The summed E-state index contributed by atoms with van der Waals surface area (Å²) in [6.45, 7) is 8.61. The van der Waals surface area contributed by atoms with Gasteiger partial charge < -0.3 is 10.4 Å². The van der Waals surface area contributed by atoms with Crippen molar-refractivity contribution >= 4 is 11.3 Å². The predicted octanol–water partition coefficient (Wildman–Crippen LogP) is 1.30. The van der Waals surface area contributed by atoms with Crippen molar-refractivity contribution in [1.29, 1.82) is 0 Å². The molecule has 0 radical (unpaired) electrons. The number of rotatable bonds is 3. The van der Waals surface area contributed by atoms with Crippen LogP contribution in [0.2, 0.25) is 0 Å². The van der Waals surface area contributed by atoms with Crippen LogP contribution >= 0.6 is 11.3 Å². The van der Waals surface area contributed by atoms with Gasteiger partial charge in [-0.2, -0.15) is 0 Å². The number of aliphatic hydroxyl groups excluding tert-OH is 1. The average Bonchev–Trinajstić information content (AvgIpc) is 2.61. The average molecular weight is 240 g/mol. The lowest BCUT2D eigenvalue weighted by Crippen LogP contribution is -2.46. The first-order valence-electron chi connectivity index (χ1n) is 5.85. The highest BCUT2D eigenvalue weighted by Gasteiger charge is 2.23. The minimum Gasteiger partial charge on any atom is -0.394 e. The molecule has 0 spiro atoms. The number of aliphatic hydroxyl groups is 1. The molecule has 1 aromatic heterocycles. The molecule has 0 bridgehead atoms. The van der Waals surface area contributed by atoms with E-state index >= 15 is 0 Å². The van der Waals surface area contributed by atoms with E-state index in [9.17, 15) is 5.11 Å². The molecule has 4 heteroatoms. The smallest absolute Gasteiger partial charge is 0.0629 e. The summed E-state index contributed by atoms with van der Waals surface area (Å²) in [6, 6.07) is 2.41. The monoisotopic (exact) mass is 240 g/mol. The fourth-order valence-corrected chi connectivity index (χ4v) is 3.37. The Morgan fingerprint density at radius 1 is 1.44 bits per heavy atom. The van der Waals surface area contributed by atoms with Gasteiger partial charge in [-0.25, -0.2) is 0 Å². The Balaban J connectivity index is 2.17. The van der Waals surface area contributed by atoms with E-state index in [1.165, 1.54) is 15.3 Å². The maximum Gasteiger partial charge on any atom is 0.0629 e. The van der Waals surface area contributed by atoms with E-state index in [2.05, 4.69) is 30.1 Å². The number of nitrogens with one attached hydrogen (secondary N) is 1. The fourth-order valence-electron chi connectivity index (χ4n) is 2.39. The highest BCUT2D eigenvalue weighted by atomic mass is 32.1. The Labute approximate surface area is 101 Å². The highest BCUT2D eigenvalue weighted by molar-refractivity contribution is 7.12. The topological polar surface area (TPSA) is 35.5 Å². The van der Waals surface area contributed by atoms with Crippen molar-refractivity contribution in [3.8, 4) is 0 Å². The van der Waals surface area contributed by atoms with Crippen molar-refractivity contribution in [2.45, 2.75) is 19.9 Å². The Morgan fingerprint density at radius 2 is 2.12 bits per heavy atom. The molecule has 2 N–H and O–H groups in total. The van der Waals surface area contributed by atoms with Gasteiger partial charge in [0.15, 0.2) is 0 Å². The second kappa shape index (κ2) is 5.27. The molecule has 0 amide bonds. The first-order valence-corrected chi connectivity index (χ1v) is 6.66. The Kier molecular flexibility index (Phi) is 3.97. The summed E-state index contributed by atoms with van der Waals surface area (Å²) in [7, 11) is 0. The summed E-state index contributed by atoms with van der Waals surface area (Å²) in [6.07, 6.45) is 0. The molecule has 3 nitrogen and oxygen atoms in total. The van der Waals surface area contributed by atoms with Gasteiger partial charge in [0.1, 0.15) is 0 Å². The third-order valence-corrected chi connectivity index (χ3v) is 4.19. The summed E-state index contributed by atoms with van der Waals surface area (Å²) in [4.78, 5) is 5.06. The number of hydrogen-bond donors (Lipinski definition) is 2. The molecule has 0 saturated carbocycles. The van der Waals surface area contributed by atoms with Gasteiger partial charge in [-0.15, -0.1) is 11.3 Å². The lowest BCUT2D eigenvalue weighted by Gasteiger charge is -2.34. The Morgan fingerprint density at radius 3 is 2.62 bits per heavy atom. The van der Waals surface area contributed by atoms with Gasteiger partial charge in [0, 0.05) is 35.9 Å². The van der Waals surface area contributed by atoms with Gasteiger partial charge in [-0.05, 0) is 25.5 Å². The number of thiophene rings is 1. The molecule has 1 aliphatic rings. The summed E-state index contributed by atoms with van der Waals surface area (Å²) in [5, 5.41) is 13.0. The molecular weight excluding hydrogens is 220 g/mol. The van der Waals surface area contributed by atoms with Gasteiger partial charge in [0.25, 0.3) is 0 Å². The predicted molar refractivity (Wildman–Crippen MR) is 68.1 cm³/mol. The maximum absolute atomic E-state index is 9.61. The third-order valence-electron chi connectivity index (χ3n) is 3.20. The molecule has 1 fully saturated rings. The zero-order valence-electron chi connectivity index (χ0n) is 9.99. The number of nitrogens with zero attached hydrogens (tertiary/aromatic N) is 1. The lowest BCUT2D eigenvalue weighted by molar-refractivity contribution is 0.110. The van der Waals surface area contributed by atoms with Gasteiger partial charge in [-0.3, -0.25) is 4.90 Å². The van der Waals surface area contributed by atoms with E-state index in [0.29, 0.717) is 0 Å². The maximum atomic E-state index is 9.61. The normalized spacial score (nSPS) is 19.9. The molecule has 1 saturated heterocycles. The van der Waals surface area contributed by atoms with Crippen LogP contribution in [0.15, 0.2) is 6.07 Å². The van der Waals surface area contributed by atoms with Crippen LogP contribution in [0, 0.1) is 13.8 Å². The molecule has 0 aliphatic carbocycles. The van der Waals surface area contributed by atoms with Crippen LogP contribution < -0.4 is 5.32 Å². The van der Waals surface area contributed by atoms with E-state index in [-0.39, 0.29) is 12.6 Å². The summed E-state index contributed by atoms with van der Waals surface area (Å²) >= 11 is 1.82. The van der Waals surface area contributed by atoms with Crippen molar-refractivity contribution < 1.29 is 5.11 Å². The van der Waals surface area contributed by atoms with Crippen LogP contribution in [-0.2, 0) is 0 Å². The Hall–Kier alpha value is -0.420. The second-order valence-corrected chi connectivity index (χ2v) is 5.81. The molecule has 16 heavy (non-hydrogen) atoms. The van der Waals surface area contributed by atoms with Crippen molar-refractivity contribution in [1.82, 2.24) is 10.2 Å². The quantitative estimate of drug-likeness (QED) is 0.836. The standard InChI is InChI=1S/C12H20N2OS/c1-9-7-11(10(2)16-9)12(8-15)14-5-3-13-4-6-14/h7,12-13,15H,3-6,8H2,1-2H3. The molecule has 2 rings (SSSR count). The van der Waals surface area contributed by atoms with Crippen LogP contribution in [0.4, 0.5) is 0 Å². The fraction of sp³-hybridized carbons (Fsp3) is 0.667. The van der Waals surface area contributed by atoms with E-state index in [1.54, 1.807) is 0 Å². The first kappa shape index (κ1) is 12.0. The SMILES string of the molecule is Cc1cc(C(CO)N2CCNCC2)c(C)s1. The minimum absolute atomic E-state index is 0.187. The van der Waals surface area contributed by atoms with Gasteiger partial charge in [-0.1, -0.05) is 0 Å². The van der Waals surface area contributed by atoms with Gasteiger partial charge >= 0.3 is 0 Å². The van der Waals surface area contributed by atoms with Crippen molar-refractivity contribution in [2.75, 3.05) is 32.8 Å². The van der Waals surface area contributed by atoms with Crippen molar-refractivity contribution in [2.24, 2.45) is 0 Å². The van der Waals surface area contributed by atoms with E-state index in [4.69, 9.17) is 0 Å². The van der Waals surface area contributed by atoms with Crippen molar-refractivity contribution in [3.63, 3.8) is 0 Å². The molecular formula is C12H20N2OS. The molecule has 0 aromatic carbocycles. The molecule has 90 valence electrons. The molecule has 1 atom stereocenters. The van der Waals surface area contributed by atoms with Crippen LogP contribution in [-0.4, -0.2) is 42.8 Å². The molecule has 1 unspecified atom stereocenters. The minimum atomic E-state index is 0.187. The number of piperazine rings is 1. The Bertz CT molecular complexity index is 345. The summed E-state index contributed by atoms with van der Waals surface area (Å²) in [5.74, 6) is 0. The molecule has 2 heterocycles. The van der Waals surface area contributed by atoms with Crippen LogP contribution in [0.3, 0.4) is 0 Å². The molecule has 1 aromatic rings. The van der Waals surface area contributed by atoms with E-state index in [1.807, 2.05) is 11.3 Å². The zero-order chi connectivity index (χ0) is 11.5. The highest BCUT2D eigenvalue weighted by Crippen LogP contribution is 2.29. The van der Waals surface area contributed by atoms with Gasteiger partial charge in [0.2, 0.25) is 0 Å². The first-order chi connectivity index (χ1) is 7.72. The molecule has 1 aliphatic heterocycles. The zero-order valence-corrected chi connectivity index (χ0v) is 10.8. The van der Waals surface area contributed by atoms with Crippen LogP contribution in [0.1, 0.15) is 21.4 Å². The number of hydrogen-bond acceptors (Lipinski definition) is 4. The van der Waals surface area contributed by atoms with E-state index < -0.39 is 0 Å². The summed E-state index contributed by atoms with van der Waals surface area (Å²) < 4.78 is 0. The van der Waals surface area contributed by atoms with Gasteiger partial charge in [0.05, 0.1) is 12.6 Å². The largest absolute Gasteiger partial charge is 0.394 e. The second-order valence-electron chi connectivity index (χ2n) is 4.35. The van der Waals surface area contributed by atoms with Crippen molar-refractivity contribution in [3.05, 3.63) is 21.4 Å². The number of aryl methyl sites for hydroxylation is 2. The third kappa shape index (κ3) is 2.46. The van der Waals surface area contributed by atoms with E-state index in [0.717, 1.165) is 26.2 Å².